The average Bonchev–Trinajstić information content (AvgIpc) is 2.35. The molecule has 0 spiro atoms. The number of carbonyl (C=O) groups excluding carboxylic acids is 1. The molecule has 0 aromatic heterocycles. The Kier molecular flexibility index (Phi) is 5.89. The molecule has 0 radical (unpaired) electrons. The van der Waals surface area contributed by atoms with Gasteiger partial charge in [0.1, 0.15) is 5.76 Å². The molecule has 0 aromatic rings. The maximum Gasteiger partial charge on any atom is 0.337 e. The Bertz CT molecular complexity index is 330. The van der Waals surface area contributed by atoms with Crippen LogP contribution in [0.25, 0.3) is 0 Å². The Hall–Kier alpha value is -0.990. The van der Waals surface area contributed by atoms with Gasteiger partial charge in [-0.25, -0.2) is 4.79 Å². The molecule has 0 aromatic carbocycles. The van der Waals surface area contributed by atoms with E-state index in [1.807, 2.05) is 6.92 Å². The standard InChI is InChI=1S/C16H28O3/c1-6-18-15(17)12(2)14(16(3,4)5)19-13-10-8-7-9-11-13/h13H,6-11H2,1-5H3/b14-12+. The summed E-state index contributed by atoms with van der Waals surface area (Å²) in [6.07, 6.45) is 6.19. The van der Waals surface area contributed by atoms with Crippen LogP contribution in [0.1, 0.15) is 66.7 Å². The monoisotopic (exact) mass is 268 g/mol. The summed E-state index contributed by atoms with van der Waals surface area (Å²) in [5.74, 6) is 0.529. The SMILES string of the molecule is CCOC(=O)/C(C)=C(/OC1CCCCC1)C(C)(C)C. The molecule has 0 amide bonds. The summed E-state index contributed by atoms with van der Waals surface area (Å²) in [5.41, 5.74) is 0.439. The second-order valence-electron chi connectivity index (χ2n) is 6.30. The lowest BCUT2D eigenvalue weighted by Gasteiger charge is -2.31. The third-order valence-electron chi connectivity index (χ3n) is 3.44. The summed E-state index contributed by atoms with van der Waals surface area (Å²) in [6, 6.07) is 0. The van der Waals surface area contributed by atoms with E-state index >= 15 is 0 Å². The first-order valence-corrected chi connectivity index (χ1v) is 7.41. The number of allylic oxidation sites excluding steroid dienone is 1. The van der Waals surface area contributed by atoms with Gasteiger partial charge in [0, 0.05) is 5.41 Å². The van der Waals surface area contributed by atoms with E-state index in [9.17, 15) is 4.79 Å². The van der Waals surface area contributed by atoms with Gasteiger partial charge in [0.25, 0.3) is 0 Å². The lowest BCUT2D eigenvalue weighted by molar-refractivity contribution is -0.139. The quantitative estimate of drug-likeness (QED) is 0.435. The topological polar surface area (TPSA) is 35.5 Å². The fourth-order valence-electron chi connectivity index (χ4n) is 2.51. The molecule has 110 valence electrons. The van der Waals surface area contributed by atoms with Crippen molar-refractivity contribution in [2.75, 3.05) is 6.61 Å². The highest BCUT2D eigenvalue weighted by Gasteiger charge is 2.28. The summed E-state index contributed by atoms with van der Waals surface area (Å²) < 4.78 is 11.3. The largest absolute Gasteiger partial charge is 0.494 e. The Balaban J connectivity index is 2.87. The molecule has 0 unspecified atom stereocenters. The molecule has 19 heavy (non-hydrogen) atoms. The van der Waals surface area contributed by atoms with Crippen LogP contribution in [0.5, 0.6) is 0 Å². The highest BCUT2D eigenvalue weighted by Crippen LogP contribution is 2.33. The van der Waals surface area contributed by atoms with Gasteiger partial charge in [-0.15, -0.1) is 0 Å². The van der Waals surface area contributed by atoms with Crippen LogP contribution in [0.3, 0.4) is 0 Å². The van der Waals surface area contributed by atoms with Crippen molar-refractivity contribution in [2.24, 2.45) is 5.41 Å². The van der Waals surface area contributed by atoms with Crippen molar-refractivity contribution in [3.8, 4) is 0 Å². The molecule has 1 aliphatic rings. The lowest BCUT2D eigenvalue weighted by atomic mass is 9.90. The van der Waals surface area contributed by atoms with E-state index in [-0.39, 0.29) is 17.5 Å². The second-order valence-corrected chi connectivity index (χ2v) is 6.30. The van der Waals surface area contributed by atoms with Crippen LogP contribution in [0, 0.1) is 5.41 Å². The minimum atomic E-state index is -0.261. The Morgan fingerprint density at radius 1 is 1.16 bits per heavy atom. The normalized spacial score (nSPS) is 18.8. The molecule has 1 saturated carbocycles. The fraction of sp³-hybridized carbons (Fsp3) is 0.812. The molecule has 1 rings (SSSR count). The third-order valence-corrected chi connectivity index (χ3v) is 3.44. The van der Waals surface area contributed by atoms with Gasteiger partial charge in [0.15, 0.2) is 0 Å². The van der Waals surface area contributed by atoms with E-state index in [2.05, 4.69) is 20.8 Å². The van der Waals surface area contributed by atoms with Crippen LogP contribution in [-0.4, -0.2) is 18.7 Å². The lowest BCUT2D eigenvalue weighted by Crippen LogP contribution is -2.25. The summed E-state index contributed by atoms with van der Waals surface area (Å²) in [4.78, 5) is 11.9. The van der Waals surface area contributed by atoms with E-state index in [1.165, 1.54) is 19.3 Å². The van der Waals surface area contributed by atoms with Crippen molar-refractivity contribution >= 4 is 5.97 Å². The predicted molar refractivity (Wildman–Crippen MR) is 76.7 cm³/mol. The highest BCUT2D eigenvalue weighted by atomic mass is 16.5. The Morgan fingerprint density at radius 3 is 2.21 bits per heavy atom. The molecular weight excluding hydrogens is 240 g/mol. The van der Waals surface area contributed by atoms with Crippen LogP contribution in [0.2, 0.25) is 0 Å². The summed E-state index contributed by atoms with van der Waals surface area (Å²) in [7, 11) is 0. The minimum Gasteiger partial charge on any atom is -0.494 e. The molecule has 0 aliphatic heterocycles. The van der Waals surface area contributed by atoms with Crippen molar-refractivity contribution in [1.82, 2.24) is 0 Å². The molecule has 0 heterocycles. The van der Waals surface area contributed by atoms with Crippen LogP contribution in [-0.2, 0) is 14.3 Å². The second kappa shape index (κ2) is 6.97. The van der Waals surface area contributed by atoms with E-state index < -0.39 is 0 Å². The molecule has 3 nitrogen and oxygen atoms in total. The number of esters is 1. The van der Waals surface area contributed by atoms with Gasteiger partial charge in [0.2, 0.25) is 0 Å². The zero-order chi connectivity index (χ0) is 14.5. The Labute approximate surface area is 117 Å². The maximum absolute atomic E-state index is 11.9. The van der Waals surface area contributed by atoms with Crippen molar-refractivity contribution in [3.63, 3.8) is 0 Å². The minimum absolute atomic E-state index is 0.172. The van der Waals surface area contributed by atoms with Crippen LogP contribution >= 0.6 is 0 Å². The van der Waals surface area contributed by atoms with Crippen molar-refractivity contribution < 1.29 is 14.3 Å². The third kappa shape index (κ3) is 4.88. The first kappa shape index (κ1) is 16.1. The molecule has 1 fully saturated rings. The van der Waals surface area contributed by atoms with Gasteiger partial charge in [-0.1, -0.05) is 27.2 Å². The molecule has 0 bridgehead atoms. The van der Waals surface area contributed by atoms with Gasteiger partial charge in [0.05, 0.1) is 18.3 Å². The Morgan fingerprint density at radius 2 is 1.74 bits per heavy atom. The van der Waals surface area contributed by atoms with Gasteiger partial charge < -0.3 is 9.47 Å². The van der Waals surface area contributed by atoms with Crippen molar-refractivity contribution in [1.29, 1.82) is 0 Å². The first-order valence-electron chi connectivity index (χ1n) is 7.41. The maximum atomic E-state index is 11.9. The zero-order valence-corrected chi connectivity index (χ0v) is 13.0. The number of hydrogen-bond acceptors (Lipinski definition) is 3. The zero-order valence-electron chi connectivity index (χ0n) is 13.0. The predicted octanol–water partition coefficient (Wildman–Crippen LogP) is 4.22. The summed E-state index contributed by atoms with van der Waals surface area (Å²) in [6.45, 7) is 10.3. The van der Waals surface area contributed by atoms with E-state index in [4.69, 9.17) is 9.47 Å². The molecule has 0 atom stereocenters. The van der Waals surface area contributed by atoms with Gasteiger partial charge in [-0.05, 0) is 39.5 Å². The van der Waals surface area contributed by atoms with Gasteiger partial charge in [-0.2, -0.15) is 0 Å². The number of ether oxygens (including phenoxy) is 2. The molecule has 0 saturated heterocycles. The molecular formula is C16H28O3. The smallest absolute Gasteiger partial charge is 0.337 e. The first-order chi connectivity index (χ1) is 8.86. The molecule has 0 N–H and O–H groups in total. The van der Waals surface area contributed by atoms with Gasteiger partial charge in [-0.3, -0.25) is 0 Å². The number of rotatable bonds is 4. The van der Waals surface area contributed by atoms with Crippen molar-refractivity contribution in [2.45, 2.75) is 72.8 Å². The fourth-order valence-corrected chi connectivity index (χ4v) is 2.51. The number of hydrogen-bond donors (Lipinski definition) is 0. The average molecular weight is 268 g/mol. The van der Waals surface area contributed by atoms with E-state index in [0.717, 1.165) is 18.6 Å². The van der Waals surface area contributed by atoms with Crippen LogP contribution in [0.4, 0.5) is 0 Å². The highest BCUT2D eigenvalue weighted by molar-refractivity contribution is 5.88. The molecule has 1 aliphatic carbocycles. The summed E-state index contributed by atoms with van der Waals surface area (Å²) >= 11 is 0. The van der Waals surface area contributed by atoms with E-state index in [1.54, 1.807) is 6.92 Å². The van der Waals surface area contributed by atoms with Crippen LogP contribution < -0.4 is 0 Å². The number of carbonyl (C=O) groups is 1. The van der Waals surface area contributed by atoms with Gasteiger partial charge >= 0.3 is 5.97 Å². The molecule has 3 heteroatoms. The summed E-state index contributed by atoms with van der Waals surface area (Å²) in [5, 5.41) is 0. The van der Waals surface area contributed by atoms with Crippen molar-refractivity contribution in [3.05, 3.63) is 11.3 Å². The van der Waals surface area contributed by atoms with Crippen LogP contribution in [0.15, 0.2) is 11.3 Å². The van der Waals surface area contributed by atoms with E-state index in [0.29, 0.717) is 12.2 Å².